The second-order valence-electron chi connectivity index (χ2n) is 7.80. The summed E-state index contributed by atoms with van der Waals surface area (Å²) in [6.07, 6.45) is 8.81. The lowest BCUT2D eigenvalue weighted by molar-refractivity contribution is 0.0697. The second-order valence-corrected chi connectivity index (χ2v) is 7.80. The number of carbonyl (C=O) groups excluding carboxylic acids is 1. The fourth-order valence-corrected chi connectivity index (χ4v) is 4.03. The molecule has 4 heteroatoms. The van der Waals surface area contributed by atoms with E-state index in [1.165, 1.54) is 44.9 Å². The molecule has 0 heterocycles. The molecule has 0 aromatic heterocycles. The highest BCUT2D eigenvalue weighted by Gasteiger charge is 2.17. The van der Waals surface area contributed by atoms with Gasteiger partial charge >= 0.3 is 5.97 Å². The van der Waals surface area contributed by atoms with E-state index in [0.29, 0.717) is 23.6 Å². The lowest BCUT2D eigenvalue weighted by atomic mass is 9.91. The van der Waals surface area contributed by atoms with Crippen LogP contribution in [-0.4, -0.2) is 23.5 Å². The van der Waals surface area contributed by atoms with Crippen LogP contribution in [0.15, 0.2) is 42.5 Å². The van der Waals surface area contributed by atoms with Gasteiger partial charge in [-0.05, 0) is 54.5 Å². The van der Waals surface area contributed by atoms with E-state index in [0.717, 1.165) is 11.1 Å². The summed E-state index contributed by atoms with van der Waals surface area (Å²) in [5, 5.41) is 12.6. The Bertz CT molecular complexity index is 835. The van der Waals surface area contributed by atoms with Gasteiger partial charge in [0.2, 0.25) is 0 Å². The first-order valence-corrected chi connectivity index (χ1v) is 10.3. The Hall–Kier alpha value is -2.62. The van der Waals surface area contributed by atoms with Crippen LogP contribution in [0.25, 0.3) is 11.1 Å². The highest BCUT2D eigenvalue weighted by Crippen LogP contribution is 2.26. The van der Waals surface area contributed by atoms with E-state index in [4.69, 9.17) is 0 Å². The molecule has 1 fully saturated rings. The molecule has 0 atom stereocenters. The Morgan fingerprint density at radius 2 is 1.64 bits per heavy atom. The normalized spacial score (nSPS) is 15.5. The van der Waals surface area contributed by atoms with Crippen LogP contribution in [0.2, 0.25) is 0 Å². The Morgan fingerprint density at radius 3 is 2.36 bits per heavy atom. The molecule has 4 nitrogen and oxygen atoms in total. The van der Waals surface area contributed by atoms with Crippen LogP contribution < -0.4 is 5.32 Å². The van der Waals surface area contributed by atoms with Crippen molar-refractivity contribution in [3.8, 4) is 11.1 Å². The standard InChI is InChI=1S/C24H29NO3/c1-17-13-14-19(20-11-7-8-12-21(20)24(27)28)15-22(17)23(26)25-16-18-9-5-3-2-4-6-10-18/h7-8,11-15,18H,2-6,9-10,16H2,1H3,(H,25,26)(H,27,28). The summed E-state index contributed by atoms with van der Waals surface area (Å²) in [5.41, 5.74) is 3.13. The summed E-state index contributed by atoms with van der Waals surface area (Å²) in [5.74, 6) is -0.485. The van der Waals surface area contributed by atoms with E-state index in [1.807, 2.05) is 31.2 Å². The van der Waals surface area contributed by atoms with Crippen LogP contribution in [-0.2, 0) is 0 Å². The fraction of sp³-hybridized carbons (Fsp3) is 0.417. The molecule has 0 radical (unpaired) electrons. The van der Waals surface area contributed by atoms with E-state index >= 15 is 0 Å². The Labute approximate surface area is 167 Å². The number of hydrogen-bond acceptors (Lipinski definition) is 2. The van der Waals surface area contributed by atoms with Crippen molar-refractivity contribution in [3.05, 3.63) is 59.2 Å². The minimum Gasteiger partial charge on any atom is -0.478 e. The van der Waals surface area contributed by atoms with Crippen LogP contribution in [0.3, 0.4) is 0 Å². The number of amides is 1. The summed E-state index contributed by atoms with van der Waals surface area (Å²) in [6, 6.07) is 12.5. The van der Waals surface area contributed by atoms with Crippen molar-refractivity contribution in [1.29, 1.82) is 0 Å². The molecule has 0 aliphatic heterocycles. The zero-order chi connectivity index (χ0) is 19.9. The fourth-order valence-electron chi connectivity index (χ4n) is 4.03. The van der Waals surface area contributed by atoms with Crippen molar-refractivity contribution < 1.29 is 14.7 Å². The first-order chi connectivity index (χ1) is 13.6. The number of carbonyl (C=O) groups is 2. The average Bonchev–Trinajstić information content (AvgIpc) is 2.67. The van der Waals surface area contributed by atoms with Crippen molar-refractivity contribution in [2.75, 3.05) is 6.54 Å². The molecule has 2 aromatic rings. The molecule has 0 unspecified atom stereocenters. The molecule has 148 valence electrons. The molecule has 0 bridgehead atoms. The molecular weight excluding hydrogens is 350 g/mol. The van der Waals surface area contributed by atoms with Gasteiger partial charge in [0.25, 0.3) is 5.91 Å². The van der Waals surface area contributed by atoms with Crippen LogP contribution in [0, 0.1) is 12.8 Å². The van der Waals surface area contributed by atoms with Gasteiger partial charge in [-0.2, -0.15) is 0 Å². The predicted octanol–water partition coefficient (Wildman–Crippen LogP) is 5.45. The minimum atomic E-state index is -0.966. The number of carboxylic acid groups (broad SMARTS) is 1. The molecule has 0 spiro atoms. The van der Waals surface area contributed by atoms with Gasteiger partial charge in [0.05, 0.1) is 5.56 Å². The number of aryl methyl sites for hydroxylation is 1. The molecule has 1 amide bonds. The molecule has 0 saturated heterocycles. The van der Waals surface area contributed by atoms with Crippen molar-refractivity contribution in [3.63, 3.8) is 0 Å². The monoisotopic (exact) mass is 379 g/mol. The predicted molar refractivity (Wildman–Crippen MR) is 112 cm³/mol. The molecule has 3 rings (SSSR count). The first-order valence-electron chi connectivity index (χ1n) is 10.3. The van der Waals surface area contributed by atoms with Crippen molar-refractivity contribution >= 4 is 11.9 Å². The third-order valence-corrected chi connectivity index (χ3v) is 5.73. The molecule has 1 aliphatic carbocycles. The zero-order valence-corrected chi connectivity index (χ0v) is 16.5. The maximum atomic E-state index is 12.8. The van der Waals surface area contributed by atoms with Gasteiger partial charge in [0.15, 0.2) is 0 Å². The van der Waals surface area contributed by atoms with Crippen LogP contribution in [0.1, 0.15) is 71.2 Å². The molecule has 1 aliphatic rings. The molecule has 28 heavy (non-hydrogen) atoms. The summed E-state index contributed by atoms with van der Waals surface area (Å²) in [4.78, 5) is 24.4. The van der Waals surface area contributed by atoms with E-state index in [2.05, 4.69) is 5.32 Å². The minimum absolute atomic E-state index is 0.0748. The largest absolute Gasteiger partial charge is 0.478 e. The van der Waals surface area contributed by atoms with Crippen molar-refractivity contribution in [2.45, 2.75) is 51.9 Å². The third kappa shape index (κ3) is 5.00. The number of aromatic carboxylic acids is 1. The highest BCUT2D eigenvalue weighted by molar-refractivity contribution is 5.99. The second kappa shape index (κ2) is 9.54. The van der Waals surface area contributed by atoms with E-state index in [-0.39, 0.29) is 11.5 Å². The summed E-state index contributed by atoms with van der Waals surface area (Å²) >= 11 is 0. The van der Waals surface area contributed by atoms with Crippen molar-refractivity contribution in [1.82, 2.24) is 5.32 Å². The maximum absolute atomic E-state index is 12.8. The number of hydrogen-bond donors (Lipinski definition) is 2. The Balaban J connectivity index is 1.76. The average molecular weight is 380 g/mol. The quantitative estimate of drug-likeness (QED) is 0.726. The van der Waals surface area contributed by atoms with Crippen LogP contribution in [0.4, 0.5) is 0 Å². The van der Waals surface area contributed by atoms with Gasteiger partial charge < -0.3 is 10.4 Å². The number of nitrogens with one attached hydrogen (secondary N) is 1. The van der Waals surface area contributed by atoms with Crippen LogP contribution in [0.5, 0.6) is 0 Å². The van der Waals surface area contributed by atoms with E-state index < -0.39 is 5.97 Å². The van der Waals surface area contributed by atoms with E-state index in [1.54, 1.807) is 18.2 Å². The van der Waals surface area contributed by atoms with Gasteiger partial charge in [0.1, 0.15) is 0 Å². The van der Waals surface area contributed by atoms with Crippen LogP contribution >= 0.6 is 0 Å². The number of rotatable bonds is 5. The first kappa shape index (κ1) is 20.1. The zero-order valence-electron chi connectivity index (χ0n) is 16.5. The number of benzene rings is 2. The van der Waals surface area contributed by atoms with Gasteiger partial charge in [-0.1, -0.05) is 62.4 Å². The molecule has 1 saturated carbocycles. The van der Waals surface area contributed by atoms with Gasteiger partial charge in [-0.25, -0.2) is 4.79 Å². The third-order valence-electron chi connectivity index (χ3n) is 5.73. The summed E-state index contributed by atoms with van der Waals surface area (Å²) in [6.45, 7) is 2.63. The lowest BCUT2D eigenvalue weighted by Crippen LogP contribution is -2.30. The van der Waals surface area contributed by atoms with Gasteiger partial charge in [0, 0.05) is 12.1 Å². The van der Waals surface area contributed by atoms with E-state index in [9.17, 15) is 14.7 Å². The SMILES string of the molecule is Cc1ccc(-c2ccccc2C(=O)O)cc1C(=O)NCC1CCCCCCC1. The van der Waals surface area contributed by atoms with Crippen molar-refractivity contribution in [2.24, 2.45) is 5.92 Å². The molecular formula is C24H29NO3. The number of carboxylic acids is 1. The van der Waals surface area contributed by atoms with Gasteiger partial charge in [-0.15, -0.1) is 0 Å². The lowest BCUT2D eigenvalue weighted by Gasteiger charge is -2.20. The molecule has 2 N–H and O–H groups in total. The highest BCUT2D eigenvalue weighted by atomic mass is 16.4. The topological polar surface area (TPSA) is 66.4 Å². The molecule has 2 aromatic carbocycles. The summed E-state index contributed by atoms with van der Waals surface area (Å²) in [7, 11) is 0. The Morgan fingerprint density at radius 1 is 0.964 bits per heavy atom. The smallest absolute Gasteiger partial charge is 0.336 e. The summed E-state index contributed by atoms with van der Waals surface area (Å²) < 4.78 is 0. The Kier molecular flexibility index (Phi) is 6.85. The maximum Gasteiger partial charge on any atom is 0.336 e. The van der Waals surface area contributed by atoms with Gasteiger partial charge in [-0.3, -0.25) is 4.79 Å².